The van der Waals surface area contributed by atoms with Gasteiger partial charge in [0.05, 0.1) is 5.56 Å². The van der Waals surface area contributed by atoms with Gasteiger partial charge in [0.15, 0.2) is 0 Å². The molecule has 0 aromatic heterocycles. The molecule has 0 saturated carbocycles. The Bertz CT molecular complexity index is 425. The van der Waals surface area contributed by atoms with E-state index in [1.54, 1.807) is 6.07 Å². The second kappa shape index (κ2) is 7.07. The van der Waals surface area contributed by atoms with Crippen molar-refractivity contribution in [2.75, 3.05) is 19.6 Å². The Morgan fingerprint density at radius 1 is 1.56 bits per heavy atom. The molecule has 1 aromatic rings. The van der Waals surface area contributed by atoms with Crippen molar-refractivity contribution in [3.05, 3.63) is 34.1 Å². The molecule has 18 heavy (non-hydrogen) atoms. The van der Waals surface area contributed by atoms with Crippen LogP contribution < -0.4 is 10.6 Å². The molecule has 1 aliphatic heterocycles. The Hall–Kier alpha value is -0.650. The molecule has 3 nitrogen and oxygen atoms in total. The number of carbonyl (C=O) groups excluding carboxylic acids is 1. The molecule has 1 unspecified atom stereocenters. The van der Waals surface area contributed by atoms with Crippen LogP contribution in [0.15, 0.2) is 22.7 Å². The van der Waals surface area contributed by atoms with E-state index in [0.29, 0.717) is 16.9 Å². The van der Waals surface area contributed by atoms with Crippen molar-refractivity contribution in [2.45, 2.75) is 6.42 Å². The fourth-order valence-corrected chi connectivity index (χ4v) is 2.25. The lowest BCUT2D eigenvalue weighted by molar-refractivity contribution is 0.0944. The Balaban J connectivity index is 0.00000162. The summed E-state index contributed by atoms with van der Waals surface area (Å²) in [6.07, 6.45) is 1.06. The normalized spacial score (nSPS) is 18.2. The number of nitrogens with one attached hydrogen (secondary N) is 2. The second-order valence-electron chi connectivity index (χ2n) is 4.19. The summed E-state index contributed by atoms with van der Waals surface area (Å²) in [7, 11) is 0. The molecule has 2 N–H and O–H groups in total. The zero-order valence-electron chi connectivity index (χ0n) is 9.71. The number of halogens is 3. The van der Waals surface area contributed by atoms with E-state index in [-0.39, 0.29) is 23.9 Å². The van der Waals surface area contributed by atoms with Gasteiger partial charge in [-0.3, -0.25) is 4.79 Å². The summed E-state index contributed by atoms with van der Waals surface area (Å²) < 4.78 is 14.1. The first-order chi connectivity index (χ1) is 8.16. The van der Waals surface area contributed by atoms with E-state index in [1.807, 2.05) is 0 Å². The molecule has 1 atom stereocenters. The molecule has 100 valence electrons. The molecule has 1 fully saturated rings. The summed E-state index contributed by atoms with van der Waals surface area (Å²) in [5, 5.41) is 5.99. The third kappa shape index (κ3) is 3.93. The molecule has 0 spiro atoms. The van der Waals surface area contributed by atoms with Crippen LogP contribution in [-0.4, -0.2) is 25.5 Å². The highest BCUT2D eigenvalue weighted by atomic mass is 79.9. The summed E-state index contributed by atoms with van der Waals surface area (Å²) in [4.78, 5) is 11.8. The standard InChI is InChI=1S/C12H14BrFN2O.ClH/c13-9-1-2-11(14)10(5-9)12(17)16-7-8-3-4-15-6-8;/h1-2,5,8,15H,3-4,6-7H2,(H,16,17);1H. The zero-order chi connectivity index (χ0) is 12.3. The number of benzene rings is 1. The summed E-state index contributed by atoms with van der Waals surface area (Å²) in [6, 6.07) is 4.36. The lowest BCUT2D eigenvalue weighted by Gasteiger charge is -2.10. The molecule has 1 aliphatic rings. The molecular weight excluding hydrogens is 322 g/mol. The van der Waals surface area contributed by atoms with Gasteiger partial charge in [-0.15, -0.1) is 12.4 Å². The van der Waals surface area contributed by atoms with Crippen LogP contribution in [0.3, 0.4) is 0 Å². The van der Waals surface area contributed by atoms with Crippen molar-refractivity contribution < 1.29 is 9.18 Å². The lowest BCUT2D eigenvalue weighted by atomic mass is 10.1. The van der Waals surface area contributed by atoms with Gasteiger partial charge in [-0.2, -0.15) is 0 Å². The average Bonchev–Trinajstić information content (AvgIpc) is 2.82. The van der Waals surface area contributed by atoms with Crippen LogP contribution in [0.1, 0.15) is 16.8 Å². The number of rotatable bonds is 3. The monoisotopic (exact) mass is 336 g/mol. The first-order valence-electron chi connectivity index (χ1n) is 5.61. The van der Waals surface area contributed by atoms with Gasteiger partial charge in [-0.25, -0.2) is 4.39 Å². The highest BCUT2D eigenvalue weighted by molar-refractivity contribution is 9.10. The van der Waals surface area contributed by atoms with E-state index in [4.69, 9.17) is 0 Å². The smallest absolute Gasteiger partial charge is 0.254 e. The van der Waals surface area contributed by atoms with Crippen molar-refractivity contribution in [2.24, 2.45) is 5.92 Å². The average molecular weight is 338 g/mol. The van der Waals surface area contributed by atoms with Gasteiger partial charge in [-0.1, -0.05) is 15.9 Å². The lowest BCUT2D eigenvalue weighted by Crippen LogP contribution is -2.30. The minimum absolute atomic E-state index is 0. The molecule has 2 rings (SSSR count). The van der Waals surface area contributed by atoms with Crippen molar-refractivity contribution in [3.63, 3.8) is 0 Å². The summed E-state index contributed by atoms with van der Waals surface area (Å²) in [5.41, 5.74) is 0.0883. The summed E-state index contributed by atoms with van der Waals surface area (Å²) in [5.74, 6) is -0.389. The maximum Gasteiger partial charge on any atom is 0.254 e. The number of amides is 1. The molecule has 1 amide bonds. The van der Waals surface area contributed by atoms with Crippen LogP contribution in [-0.2, 0) is 0 Å². The molecule has 0 bridgehead atoms. The van der Waals surface area contributed by atoms with E-state index >= 15 is 0 Å². The Kier molecular flexibility index (Phi) is 6.05. The van der Waals surface area contributed by atoms with E-state index in [2.05, 4.69) is 26.6 Å². The van der Waals surface area contributed by atoms with Gasteiger partial charge in [0.25, 0.3) is 5.91 Å². The molecule has 6 heteroatoms. The highest BCUT2D eigenvalue weighted by Crippen LogP contribution is 2.15. The number of carbonyl (C=O) groups is 1. The zero-order valence-corrected chi connectivity index (χ0v) is 12.1. The van der Waals surface area contributed by atoms with Crippen molar-refractivity contribution in [1.82, 2.24) is 10.6 Å². The van der Waals surface area contributed by atoms with Gasteiger partial charge in [-0.05, 0) is 43.6 Å². The van der Waals surface area contributed by atoms with Gasteiger partial charge in [0, 0.05) is 11.0 Å². The van der Waals surface area contributed by atoms with Crippen LogP contribution in [0.25, 0.3) is 0 Å². The van der Waals surface area contributed by atoms with Crippen LogP contribution in [0.5, 0.6) is 0 Å². The summed E-state index contributed by atoms with van der Waals surface area (Å²) in [6.45, 7) is 2.50. The second-order valence-corrected chi connectivity index (χ2v) is 5.11. The molecule has 1 saturated heterocycles. The Labute approximate surface area is 120 Å². The van der Waals surface area contributed by atoms with Gasteiger partial charge in [0.2, 0.25) is 0 Å². The molecule has 1 aromatic carbocycles. The fourth-order valence-electron chi connectivity index (χ4n) is 1.89. The van der Waals surface area contributed by atoms with Crippen LogP contribution >= 0.6 is 28.3 Å². The Morgan fingerprint density at radius 2 is 2.33 bits per heavy atom. The van der Waals surface area contributed by atoms with Gasteiger partial charge < -0.3 is 10.6 Å². The predicted octanol–water partition coefficient (Wildman–Crippen LogP) is 2.35. The SMILES string of the molecule is Cl.O=C(NCC1CCNC1)c1cc(Br)ccc1F. The quantitative estimate of drug-likeness (QED) is 0.889. The van der Waals surface area contributed by atoms with Crippen LogP contribution in [0.4, 0.5) is 4.39 Å². The minimum atomic E-state index is -0.491. The predicted molar refractivity (Wildman–Crippen MR) is 74.7 cm³/mol. The molecular formula is C12H15BrClFN2O. The fraction of sp³-hybridized carbons (Fsp3) is 0.417. The van der Waals surface area contributed by atoms with Crippen LogP contribution in [0, 0.1) is 11.7 Å². The first kappa shape index (κ1) is 15.4. The van der Waals surface area contributed by atoms with Gasteiger partial charge in [0.1, 0.15) is 5.82 Å². The topological polar surface area (TPSA) is 41.1 Å². The minimum Gasteiger partial charge on any atom is -0.352 e. The molecule has 0 aliphatic carbocycles. The largest absolute Gasteiger partial charge is 0.352 e. The van der Waals surface area contributed by atoms with Crippen molar-refractivity contribution in [3.8, 4) is 0 Å². The van der Waals surface area contributed by atoms with Crippen LogP contribution in [0.2, 0.25) is 0 Å². The maximum atomic E-state index is 13.4. The van der Waals surface area contributed by atoms with Gasteiger partial charge >= 0.3 is 0 Å². The van der Waals surface area contributed by atoms with Crippen molar-refractivity contribution in [1.29, 1.82) is 0 Å². The number of hydrogen-bond acceptors (Lipinski definition) is 2. The van der Waals surface area contributed by atoms with E-state index in [9.17, 15) is 9.18 Å². The van der Waals surface area contributed by atoms with E-state index < -0.39 is 5.82 Å². The summed E-state index contributed by atoms with van der Waals surface area (Å²) >= 11 is 3.23. The maximum absolute atomic E-state index is 13.4. The van der Waals surface area contributed by atoms with E-state index in [0.717, 1.165) is 19.5 Å². The molecule has 0 radical (unpaired) electrons. The highest BCUT2D eigenvalue weighted by Gasteiger charge is 2.17. The first-order valence-corrected chi connectivity index (χ1v) is 6.40. The third-order valence-electron chi connectivity index (χ3n) is 2.89. The van der Waals surface area contributed by atoms with E-state index in [1.165, 1.54) is 12.1 Å². The Morgan fingerprint density at radius 3 is 3.00 bits per heavy atom. The number of hydrogen-bond donors (Lipinski definition) is 2. The third-order valence-corrected chi connectivity index (χ3v) is 3.38. The van der Waals surface area contributed by atoms with Crippen molar-refractivity contribution >= 4 is 34.2 Å². The molecule has 1 heterocycles.